The van der Waals surface area contributed by atoms with Crippen molar-refractivity contribution in [3.8, 4) is 0 Å². The molecule has 1 N–H and O–H groups in total. The Balaban J connectivity index is 2.01. The summed E-state index contributed by atoms with van der Waals surface area (Å²) in [6.45, 7) is 2.17. The number of aryl methyl sites for hydroxylation is 1. The fourth-order valence-corrected chi connectivity index (χ4v) is 3.15. The summed E-state index contributed by atoms with van der Waals surface area (Å²) < 4.78 is 38.4. The zero-order valence-electron chi connectivity index (χ0n) is 14.2. The fraction of sp³-hybridized carbons (Fsp3) is 0.278. The van der Waals surface area contributed by atoms with Crippen LogP contribution in [0.4, 0.5) is 10.1 Å². The highest BCUT2D eigenvalue weighted by atomic mass is 32.2. The Morgan fingerprint density at radius 2 is 1.88 bits per heavy atom. The van der Waals surface area contributed by atoms with Gasteiger partial charge in [-0.25, -0.2) is 12.8 Å². The normalized spacial score (nSPS) is 11.5. The van der Waals surface area contributed by atoms with E-state index in [1.807, 2.05) is 31.2 Å². The predicted molar refractivity (Wildman–Crippen MR) is 96.1 cm³/mol. The summed E-state index contributed by atoms with van der Waals surface area (Å²) in [4.78, 5) is 12.0. The van der Waals surface area contributed by atoms with E-state index in [1.165, 1.54) is 22.5 Å². The van der Waals surface area contributed by atoms with E-state index >= 15 is 0 Å². The Bertz CT molecular complexity index is 853. The molecule has 0 aliphatic rings. The van der Waals surface area contributed by atoms with Gasteiger partial charge in [0.1, 0.15) is 5.82 Å². The molecule has 0 fully saturated rings. The Morgan fingerprint density at radius 3 is 2.52 bits per heavy atom. The van der Waals surface area contributed by atoms with Gasteiger partial charge in [-0.15, -0.1) is 0 Å². The summed E-state index contributed by atoms with van der Waals surface area (Å²) >= 11 is 0. The third-order valence-electron chi connectivity index (χ3n) is 3.77. The summed E-state index contributed by atoms with van der Waals surface area (Å²) in [6.07, 6.45) is 1.10. The van der Waals surface area contributed by atoms with E-state index < -0.39 is 15.8 Å². The van der Waals surface area contributed by atoms with E-state index in [1.54, 1.807) is 6.07 Å². The van der Waals surface area contributed by atoms with E-state index in [4.69, 9.17) is 0 Å². The Labute approximate surface area is 147 Å². The number of rotatable bonds is 7. The number of hydrogen-bond donors (Lipinski definition) is 1. The fourth-order valence-electron chi connectivity index (χ4n) is 2.36. The molecule has 0 saturated heterocycles. The first-order valence-electron chi connectivity index (χ1n) is 7.81. The highest BCUT2D eigenvalue weighted by Gasteiger charge is 2.19. The van der Waals surface area contributed by atoms with Gasteiger partial charge in [-0.05, 0) is 36.2 Å². The third-order valence-corrected chi connectivity index (χ3v) is 5.02. The molecule has 0 atom stereocenters. The number of carbonyl (C=O) groups excluding carboxylic acids is 1. The lowest BCUT2D eigenvalue weighted by atomic mass is 10.1. The molecule has 5 nitrogen and oxygen atoms in total. The molecule has 1 amide bonds. The minimum atomic E-state index is -3.46. The number of hydrogen-bond acceptors (Lipinski definition) is 3. The lowest BCUT2D eigenvalue weighted by Gasteiger charge is -2.20. The van der Waals surface area contributed by atoms with Crippen LogP contribution in [0.25, 0.3) is 0 Å². The van der Waals surface area contributed by atoms with Crippen molar-refractivity contribution in [3.05, 3.63) is 65.5 Å². The lowest BCUT2D eigenvalue weighted by Crippen LogP contribution is -2.32. The van der Waals surface area contributed by atoms with Gasteiger partial charge in [-0.1, -0.05) is 30.3 Å². The topological polar surface area (TPSA) is 66.5 Å². The third kappa shape index (κ3) is 5.95. The summed E-state index contributed by atoms with van der Waals surface area (Å²) in [7, 11) is -3.46. The zero-order chi connectivity index (χ0) is 18.4. The first-order valence-corrected chi connectivity index (χ1v) is 9.65. The Kier molecular flexibility index (Phi) is 6.27. The van der Waals surface area contributed by atoms with Crippen LogP contribution in [0.15, 0.2) is 48.5 Å². The van der Waals surface area contributed by atoms with Gasteiger partial charge in [-0.2, -0.15) is 4.31 Å². The average Bonchev–Trinajstić information content (AvgIpc) is 2.52. The molecule has 0 spiro atoms. The molecule has 134 valence electrons. The number of anilines is 1. The van der Waals surface area contributed by atoms with E-state index in [0.717, 1.165) is 17.4 Å². The molecule has 0 unspecified atom stereocenters. The Hall–Kier alpha value is -2.25. The van der Waals surface area contributed by atoms with Gasteiger partial charge in [-0.3, -0.25) is 4.79 Å². The van der Waals surface area contributed by atoms with Crippen LogP contribution in [0.2, 0.25) is 0 Å². The van der Waals surface area contributed by atoms with Crippen LogP contribution in [0.3, 0.4) is 0 Å². The molecule has 0 radical (unpaired) electrons. The van der Waals surface area contributed by atoms with Gasteiger partial charge in [0.15, 0.2) is 0 Å². The van der Waals surface area contributed by atoms with Gasteiger partial charge in [0.05, 0.1) is 6.26 Å². The van der Waals surface area contributed by atoms with Gasteiger partial charge >= 0.3 is 0 Å². The highest BCUT2D eigenvalue weighted by Crippen LogP contribution is 2.14. The van der Waals surface area contributed by atoms with E-state index in [-0.39, 0.29) is 25.4 Å². The van der Waals surface area contributed by atoms with Crippen LogP contribution >= 0.6 is 0 Å². The van der Waals surface area contributed by atoms with Gasteiger partial charge in [0, 0.05) is 25.2 Å². The molecule has 0 bridgehead atoms. The largest absolute Gasteiger partial charge is 0.326 e. The SMILES string of the molecule is Cc1ccccc1CN(CCC(=O)Nc1cccc(F)c1)S(C)(=O)=O. The van der Waals surface area contributed by atoms with Crippen LogP contribution in [0.1, 0.15) is 17.5 Å². The maximum Gasteiger partial charge on any atom is 0.225 e. The minimum absolute atomic E-state index is 0.0184. The standard InChI is InChI=1S/C18H21FN2O3S/c1-14-6-3-4-7-15(14)13-21(25(2,23)24)11-10-18(22)20-17-9-5-8-16(19)12-17/h3-9,12H,10-11,13H2,1-2H3,(H,20,22). The quantitative estimate of drug-likeness (QED) is 0.821. The molecule has 25 heavy (non-hydrogen) atoms. The number of carbonyl (C=O) groups is 1. The molecule has 0 heterocycles. The second-order valence-corrected chi connectivity index (χ2v) is 7.81. The molecular formula is C18H21FN2O3S. The number of halogens is 1. The average molecular weight is 364 g/mol. The van der Waals surface area contributed by atoms with E-state index in [0.29, 0.717) is 5.69 Å². The highest BCUT2D eigenvalue weighted by molar-refractivity contribution is 7.88. The van der Waals surface area contributed by atoms with Crippen LogP contribution < -0.4 is 5.32 Å². The van der Waals surface area contributed by atoms with Gasteiger partial charge in [0.2, 0.25) is 15.9 Å². The maximum atomic E-state index is 13.1. The second kappa shape index (κ2) is 8.22. The molecule has 0 aliphatic heterocycles. The number of nitrogens with zero attached hydrogens (tertiary/aromatic N) is 1. The van der Waals surface area contributed by atoms with Crippen molar-refractivity contribution < 1.29 is 17.6 Å². The van der Waals surface area contributed by atoms with E-state index in [9.17, 15) is 17.6 Å². The molecule has 2 aromatic rings. The van der Waals surface area contributed by atoms with Gasteiger partial charge < -0.3 is 5.32 Å². The molecule has 2 aromatic carbocycles. The van der Waals surface area contributed by atoms with Crippen molar-refractivity contribution in [2.45, 2.75) is 19.9 Å². The minimum Gasteiger partial charge on any atom is -0.326 e. The summed E-state index contributed by atoms with van der Waals surface area (Å²) in [5.41, 5.74) is 2.22. The van der Waals surface area contributed by atoms with Crippen LogP contribution in [-0.4, -0.2) is 31.4 Å². The summed E-state index contributed by atoms with van der Waals surface area (Å²) in [5.74, 6) is -0.820. The second-order valence-electron chi connectivity index (χ2n) is 5.83. The van der Waals surface area contributed by atoms with Crippen molar-refractivity contribution >= 4 is 21.6 Å². The molecular weight excluding hydrogens is 343 g/mol. The number of benzene rings is 2. The molecule has 0 saturated carbocycles. The monoisotopic (exact) mass is 364 g/mol. The molecule has 0 aliphatic carbocycles. The zero-order valence-corrected chi connectivity index (χ0v) is 15.0. The molecule has 2 rings (SSSR count). The first kappa shape index (κ1) is 19.1. The maximum absolute atomic E-state index is 13.1. The first-order chi connectivity index (χ1) is 11.8. The van der Waals surface area contributed by atoms with Crippen LogP contribution in [0, 0.1) is 12.7 Å². The van der Waals surface area contributed by atoms with Crippen molar-refractivity contribution in [1.29, 1.82) is 0 Å². The van der Waals surface area contributed by atoms with Crippen molar-refractivity contribution in [3.63, 3.8) is 0 Å². The number of amides is 1. The van der Waals surface area contributed by atoms with Crippen molar-refractivity contribution in [1.82, 2.24) is 4.31 Å². The lowest BCUT2D eigenvalue weighted by molar-refractivity contribution is -0.116. The smallest absolute Gasteiger partial charge is 0.225 e. The number of sulfonamides is 1. The predicted octanol–water partition coefficient (Wildman–Crippen LogP) is 2.92. The number of nitrogens with one attached hydrogen (secondary N) is 1. The van der Waals surface area contributed by atoms with Crippen molar-refractivity contribution in [2.75, 3.05) is 18.1 Å². The summed E-state index contributed by atoms with van der Waals surface area (Å²) in [6, 6.07) is 13.1. The summed E-state index contributed by atoms with van der Waals surface area (Å²) in [5, 5.41) is 2.56. The van der Waals surface area contributed by atoms with Crippen LogP contribution in [-0.2, 0) is 21.4 Å². The van der Waals surface area contributed by atoms with Crippen molar-refractivity contribution in [2.24, 2.45) is 0 Å². The van der Waals surface area contributed by atoms with E-state index in [2.05, 4.69) is 5.32 Å². The van der Waals surface area contributed by atoms with Crippen LogP contribution in [0.5, 0.6) is 0 Å². The van der Waals surface area contributed by atoms with Gasteiger partial charge in [0.25, 0.3) is 0 Å². The molecule has 7 heteroatoms. The molecule has 0 aromatic heterocycles. The Morgan fingerprint density at radius 1 is 1.16 bits per heavy atom.